The summed E-state index contributed by atoms with van der Waals surface area (Å²) in [7, 11) is 3.24. The number of hydrogen-bond donors (Lipinski definition) is 0. The van der Waals surface area contributed by atoms with E-state index in [9.17, 15) is 9.59 Å². The molecule has 0 aliphatic carbocycles. The van der Waals surface area contributed by atoms with Gasteiger partial charge in [0, 0.05) is 18.5 Å². The number of carbonyl (C=O) groups excluding carboxylic acids is 2. The number of rotatable bonds is 5. The van der Waals surface area contributed by atoms with E-state index in [4.69, 9.17) is 4.74 Å². The van der Waals surface area contributed by atoms with E-state index in [0.29, 0.717) is 19.6 Å². The molecule has 0 N–H and O–H groups in total. The molecule has 0 bridgehead atoms. The minimum Gasteiger partial charge on any atom is -0.469 e. The zero-order valence-corrected chi connectivity index (χ0v) is 13.4. The van der Waals surface area contributed by atoms with Crippen molar-refractivity contribution in [2.75, 3.05) is 33.8 Å². The van der Waals surface area contributed by atoms with Gasteiger partial charge in [-0.1, -0.05) is 6.07 Å². The second kappa shape index (κ2) is 7.56. The number of piperidine rings is 1. The van der Waals surface area contributed by atoms with Gasteiger partial charge in [0.15, 0.2) is 0 Å². The smallest absolute Gasteiger partial charge is 0.309 e. The van der Waals surface area contributed by atoms with E-state index in [0.717, 1.165) is 19.4 Å². The molecule has 5 nitrogen and oxygen atoms in total. The summed E-state index contributed by atoms with van der Waals surface area (Å²) < 4.78 is 4.80. The maximum absolute atomic E-state index is 12.3. The van der Waals surface area contributed by atoms with Gasteiger partial charge in [0.1, 0.15) is 0 Å². The largest absolute Gasteiger partial charge is 0.469 e. The van der Waals surface area contributed by atoms with Crippen molar-refractivity contribution in [3.05, 3.63) is 22.4 Å². The molecule has 1 amide bonds. The molecule has 21 heavy (non-hydrogen) atoms. The summed E-state index contributed by atoms with van der Waals surface area (Å²) in [6.07, 6.45) is 1.78. The molecule has 1 atom stereocenters. The topological polar surface area (TPSA) is 49.9 Å². The Balaban J connectivity index is 1.82. The minimum absolute atomic E-state index is 0.0916. The normalized spacial score (nSPS) is 19.2. The van der Waals surface area contributed by atoms with Crippen molar-refractivity contribution in [2.45, 2.75) is 19.4 Å². The zero-order valence-electron chi connectivity index (χ0n) is 12.6. The fraction of sp³-hybridized carbons (Fsp3) is 0.600. The number of esters is 1. The number of thiophene rings is 1. The van der Waals surface area contributed by atoms with Gasteiger partial charge >= 0.3 is 5.97 Å². The number of ether oxygens (including phenoxy) is 1. The lowest BCUT2D eigenvalue weighted by Gasteiger charge is -2.31. The summed E-state index contributed by atoms with van der Waals surface area (Å²) in [5, 5.41) is 2.01. The SMILES string of the molecule is COC(=O)C1CCCN(CC(=O)N(C)Cc2cccs2)C1. The molecule has 6 heteroatoms. The molecule has 116 valence electrons. The quantitative estimate of drug-likeness (QED) is 0.775. The van der Waals surface area contributed by atoms with Crippen LogP contribution >= 0.6 is 11.3 Å². The van der Waals surface area contributed by atoms with Crippen LogP contribution in [0.4, 0.5) is 0 Å². The number of amides is 1. The summed E-state index contributed by atoms with van der Waals surface area (Å²) in [6, 6.07) is 4.02. The number of likely N-dealkylation sites (tertiary alicyclic amines) is 1. The van der Waals surface area contributed by atoms with Gasteiger partial charge < -0.3 is 9.64 Å². The van der Waals surface area contributed by atoms with Crippen molar-refractivity contribution >= 4 is 23.2 Å². The number of likely N-dealkylation sites (N-methyl/N-ethyl adjacent to an activating group) is 1. The lowest BCUT2D eigenvalue weighted by molar-refractivity contribution is -0.148. The van der Waals surface area contributed by atoms with Crippen LogP contribution in [0.15, 0.2) is 17.5 Å². The van der Waals surface area contributed by atoms with E-state index in [2.05, 4.69) is 4.90 Å². The fourth-order valence-electron chi connectivity index (χ4n) is 2.59. The Morgan fingerprint density at radius 2 is 2.33 bits per heavy atom. The highest BCUT2D eigenvalue weighted by molar-refractivity contribution is 7.09. The van der Waals surface area contributed by atoms with Crippen LogP contribution in [-0.4, -0.2) is 55.5 Å². The van der Waals surface area contributed by atoms with Crippen LogP contribution in [0.1, 0.15) is 17.7 Å². The van der Waals surface area contributed by atoms with E-state index in [1.54, 1.807) is 16.2 Å². The Kier molecular flexibility index (Phi) is 5.76. The summed E-state index contributed by atoms with van der Waals surface area (Å²) >= 11 is 1.65. The number of hydrogen-bond acceptors (Lipinski definition) is 5. The van der Waals surface area contributed by atoms with Crippen molar-refractivity contribution in [3.63, 3.8) is 0 Å². The maximum atomic E-state index is 12.3. The molecule has 1 aliphatic rings. The third-order valence-electron chi connectivity index (χ3n) is 3.80. The summed E-state index contributed by atoms with van der Waals surface area (Å²) in [5.74, 6) is -0.174. The highest BCUT2D eigenvalue weighted by Crippen LogP contribution is 2.18. The standard InChI is InChI=1S/C15H22N2O3S/c1-16(10-13-6-4-8-21-13)14(18)11-17-7-3-5-12(9-17)15(19)20-2/h4,6,8,12H,3,5,7,9-11H2,1-2H3. The Labute approximate surface area is 129 Å². The average molecular weight is 310 g/mol. The highest BCUT2D eigenvalue weighted by Gasteiger charge is 2.27. The molecule has 0 aromatic carbocycles. The lowest BCUT2D eigenvalue weighted by Crippen LogP contribution is -2.44. The molecule has 1 unspecified atom stereocenters. The molecule has 1 saturated heterocycles. The van der Waals surface area contributed by atoms with Gasteiger partial charge in [-0.2, -0.15) is 0 Å². The third kappa shape index (κ3) is 4.54. The average Bonchev–Trinajstić information content (AvgIpc) is 2.99. The van der Waals surface area contributed by atoms with E-state index in [-0.39, 0.29) is 17.8 Å². The predicted octanol–water partition coefficient (Wildman–Crippen LogP) is 1.59. The molecule has 1 aliphatic heterocycles. The first-order valence-electron chi connectivity index (χ1n) is 7.16. The Bertz CT molecular complexity index is 475. The molecule has 0 saturated carbocycles. The van der Waals surface area contributed by atoms with Gasteiger partial charge in [0.25, 0.3) is 0 Å². The summed E-state index contributed by atoms with van der Waals surface area (Å²) in [4.78, 5) is 28.8. The van der Waals surface area contributed by atoms with Crippen LogP contribution in [0.3, 0.4) is 0 Å². The van der Waals surface area contributed by atoms with Gasteiger partial charge in [0.2, 0.25) is 5.91 Å². The van der Waals surface area contributed by atoms with Crippen molar-refractivity contribution in [2.24, 2.45) is 5.92 Å². The molecular formula is C15H22N2O3S. The molecule has 2 heterocycles. The monoisotopic (exact) mass is 310 g/mol. The van der Waals surface area contributed by atoms with E-state index in [1.807, 2.05) is 24.6 Å². The first kappa shape index (κ1) is 16.0. The van der Waals surface area contributed by atoms with Crippen LogP contribution in [0, 0.1) is 5.92 Å². The van der Waals surface area contributed by atoms with Crippen LogP contribution in [0.25, 0.3) is 0 Å². The van der Waals surface area contributed by atoms with Crippen molar-refractivity contribution in [1.82, 2.24) is 9.80 Å². The van der Waals surface area contributed by atoms with Crippen LogP contribution < -0.4 is 0 Å². The van der Waals surface area contributed by atoms with Gasteiger partial charge in [-0.15, -0.1) is 11.3 Å². The molecule has 2 rings (SSSR count). The van der Waals surface area contributed by atoms with Gasteiger partial charge in [-0.05, 0) is 30.8 Å². The Hall–Kier alpha value is -1.40. The van der Waals surface area contributed by atoms with E-state index < -0.39 is 0 Å². The van der Waals surface area contributed by atoms with Crippen LogP contribution in [0.5, 0.6) is 0 Å². The summed E-state index contributed by atoms with van der Waals surface area (Å²) in [5.41, 5.74) is 0. The van der Waals surface area contributed by atoms with E-state index in [1.165, 1.54) is 12.0 Å². The Morgan fingerprint density at radius 1 is 1.52 bits per heavy atom. The van der Waals surface area contributed by atoms with E-state index >= 15 is 0 Å². The predicted molar refractivity (Wildman–Crippen MR) is 82.0 cm³/mol. The number of carbonyl (C=O) groups is 2. The summed E-state index contributed by atoms with van der Waals surface area (Å²) in [6.45, 7) is 2.50. The highest BCUT2D eigenvalue weighted by atomic mass is 32.1. The number of methoxy groups -OCH3 is 1. The molecule has 1 fully saturated rings. The lowest BCUT2D eigenvalue weighted by atomic mass is 9.98. The minimum atomic E-state index is -0.168. The van der Waals surface area contributed by atoms with Gasteiger partial charge in [-0.3, -0.25) is 14.5 Å². The van der Waals surface area contributed by atoms with Crippen molar-refractivity contribution < 1.29 is 14.3 Å². The zero-order chi connectivity index (χ0) is 15.2. The second-order valence-corrected chi connectivity index (χ2v) is 6.46. The second-order valence-electron chi connectivity index (χ2n) is 5.43. The molecular weight excluding hydrogens is 288 g/mol. The van der Waals surface area contributed by atoms with Gasteiger partial charge in [-0.25, -0.2) is 0 Å². The number of nitrogens with zero attached hydrogens (tertiary/aromatic N) is 2. The van der Waals surface area contributed by atoms with Crippen molar-refractivity contribution in [1.29, 1.82) is 0 Å². The molecule has 0 radical (unpaired) electrons. The van der Waals surface area contributed by atoms with Crippen molar-refractivity contribution in [3.8, 4) is 0 Å². The fourth-order valence-corrected chi connectivity index (χ4v) is 3.35. The molecule has 0 spiro atoms. The first-order chi connectivity index (χ1) is 10.1. The van der Waals surface area contributed by atoms with Gasteiger partial charge in [0.05, 0.1) is 26.1 Å². The first-order valence-corrected chi connectivity index (χ1v) is 8.04. The van der Waals surface area contributed by atoms with Crippen LogP contribution in [0.2, 0.25) is 0 Å². The molecule has 1 aromatic rings. The maximum Gasteiger partial charge on any atom is 0.309 e. The van der Waals surface area contributed by atoms with Crippen LogP contribution in [-0.2, 0) is 20.9 Å². The Morgan fingerprint density at radius 3 is 3.00 bits per heavy atom. The molecule has 1 aromatic heterocycles. The third-order valence-corrected chi connectivity index (χ3v) is 4.66.